The summed E-state index contributed by atoms with van der Waals surface area (Å²) in [5, 5.41) is 4.12. The number of ketones is 2. The van der Waals surface area contributed by atoms with E-state index in [0.717, 1.165) is 43.0 Å². The number of Topliss-reactive ketones (excluding diaryl/α,β-unsaturated/α-hetero) is 2. The van der Waals surface area contributed by atoms with E-state index in [0.29, 0.717) is 29.5 Å². The third-order valence-corrected chi connectivity index (χ3v) is 6.51. The average Bonchev–Trinajstić information content (AvgIpc) is 3.37. The van der Waals surface area contributed by atoms with Crippen LogP contribution in [0.5, 0.6) is 0 Å². The van der Waals surface area contributed by atoms with Gasteiger partial charge >= 0.3 is 0 Å². The Balaban J connectivity index is 1.34. The van der Waals surface area contributed by atoms with Gasteiger partial charge in [-0.3, -0.25) is 19.4 Å². The zero-order valence-corrected chi connectivity index (χ0v) is 19.9. The molecular formula is C25H31N5O3. The Morgan fingerprint density at radius 2 is 1.76 bits per heavy atom. The fourth-order valence-corrected chi connectivity index (χ4v) is 4.54. The number of aromatic amines is 1. The summed E-state index contributed by atoms with van der Waals surface area (Å²) in [5.41, 5.74) is 4.80. The van der Waals surface area contributed by atoms with Gasteiger partial charge in [0.25, 0.3) is 0 Å². The van der Waals surface area contributed by atoms with Gasteiger partial charge in [-0.25, -0.2) is 0 Å². The number of carbonyl (C=O) groups is 2. The first kappa shape index (κ1) is 23.1. The van der Waals surface area contributed by atoms with Crippen molar-refractivity contribution in [2.75, 3.05) is 26.2 Å². The summed E-state index contributed by atoms with van der Waals surface area (Å²) in [6.07, 6.45) is 0. The van der Waals surface area contributed by atoms with E-state index in [9.17, 15) is 9.59 Å². The number of benzene rings is 1. The van der Waals surface area contributed by atoms with Gasteiger partial charge in [-0.05, 0) is 40.2 Å². The molecule has 0 aliphatic carbocycles. The molecular weight excluding hydrogens is 418 g/mol. The van der Waals surface area contributed by atoms with Crippen LogP contribution in [-0.4, -0.2) is 68.7 Å². The highest BCUT2D eigenvalue weighted by atomic mass is 16.5. The van der Waals surface area contributed by atoms with Crippen molar-refractivity contribution < 1.29 is 14.1 Å². The molecule has 1 aliphatic heterocycles. The summed E-state index contributed by atoms with van der Waals surface area (Å²) in [6, 6.07) is 7.79. The maximum absolute atomic E-state index is 13.2. The standard InChI is InChI=1S/C25H31N5O3/c1-15-6-8-20(9-7-15)25-27-21(33-28-25)14-29-10-12-30(13-11-29)18(4)24(32)23-16(2)22(19(5)31)17(3)26-23/h6-9,18,26H,10-14H2,1-5H3. The molecule has 1 saturated heterocycles. The van der Waals surface area contributed by atoms with Crippen molar-refractivity contribution in [3.05, 3.63) is 58.2 Å². The Bertz CT molecular complexity index is 1150. The normalized spacial score (nSPS) is 16.2. The summed E-state index contributed by atoms with van der Waals surface area (Å²) in [5.74, 6) is 1.20. The summed E-state index contributed by atoms with van der Waals surface area (Å²) >= 11 is 0. The van der Waals surface area contributed by atoms with E-state index in [1.807, 2.05) is 52.0 Å². The van der Waals surface area contributed by atoms with Gasteiger partial charge < -0.3 is 9.51 Å². The molecule has 8 nitrogen and oxygen atoms in total. The molecule has 1 atom stereocenters. The van der Waals surface area contributed by atoms with Gasteiger partial charge in [0.1, 0.15) is 0 Å². The molecule has 0 bridgehead atoms. The molecule has 1 N–H and O–H groups in total. The molecule has 0 saturated carbocycles. The van der Waals surface area contributed by atoms with Crippen LogP contribution < -0.4 is 0 Å². The highest BCUT2D eigenvalue weighted by Gasteiger charge is 2.30. The van der Waals surface area contributed by atoms with Crippen LogP contribution in [0.2, 0.25) is 0 Å². The monoisotopic (exact) mass is 449 g/mol. The molecule has 0 spiro atoms. The molecule has 1 unspecified atom stereocenters. The van der Waals surface area contributed by atoms with E-state index in [-0.39, 0.29) is 17.6 Å². The number of hydrogen-bond acceptors (Lipinski definition) is 7. The van der Waals surface area contributed by atoms with Crippen molar-refractivity contribution in [1.82, 2.24) is 24.9 Å². The van der Waals surface area contributed by atoms with Gasteiger partial charge in [0, 0.05) is 43.0 Å². The molecule has 1 aliphatic rings. The minimum Gasteiger partial charge on any atom is -0.355 e. The number of piperazine rings is 1. The van der Waals surface area contributed by atoms with Gasteiger partial charge in [0.2, 0.25) is 11.7 Å². The van der Waals surface area contributed by atoms with Crippen LogP contribution in [-0.2, 0) is 6.54 Å². The topological polar surface area (TPSA) is 95.3 Å². The lowest BCUT2D eigenvalue weighted by Crippen LogP contribution is -2.51. The van der Waals surface area contributed by atoms with E-state index < -0.39 is 0 Å². The number of aryl methyl sites for hydroxylation is 2. The third kappa shape index (κ3) is 4.82. The Labute approximate surface area is 194 Å². The van der Waals surface area contributed by atoms with Crippen molar-refractivity contribution in [1.29, 1.82) is 0 Å². The molecule has 8 heteroatoms. The van der Waals surface area contributed by atoms with Crippen molar-refractivity contribution in [2.45, 2.75) is 47.2 Å². The smallest absolute Gasteiger partial charge is 0.241 e. The summed E-state index contributed by atoms with van der Waals surface area (Å²) in [6.45, 7) is 12.9. The third-order valence-electron chi connectivity index (χ3n) is 6.51. The first-order valence-electron chi connectivity index (χ1n) is 11.3. The molecule has 3 heterocycles. The van der Waals surface area contributed by atoms with Crippen LogP contribution in [0.4, 0.5) is 0 Å². The van der Waals surface area contributed by atoms with Gasteiger partial charge in [0.05, 0.1) is 18.3 Å². The number of nitrogens with one attached hydrogen (secondary N) is 1. The van der Waals surface area contributed by atoms with Crippen LogP contribution in [0.3, 0.4) is 0 Å². The van der Waals surface area contributed by atoms with E-state index in [4.69, 9.17) is 4.52 Å². The minimum atomic E-state index is -0.264. The lowest BCUT2D eigenvalue weighted by molar-refractivity contribution is 0.0661. The Morgan fingerprint density at radius 1 is 1.09 bits per heavy atom. The lowest BCUT2D eigenvalue weighted by Gasteiger charge is -2.36. The van der Waals surface area contributed by atoms with Crippen LogP contribution in [0.1, 0.15) is 57.4 Å². The Hall–Kier alpha value is -3.10. The highest BCUT2D eigenvalue weighted by Crippen LogP contribution is 2.22. The zero-order valence-electron chi connectivity index (χ0n) is 19.9. The van der Waals surface area contributed by atoms with Crippen molar-refractivity contribution in [3.8, 4) is 11.4 Å². The maximum atomic E-state index is 13.2. The fourth-order valence-electron chi connectivity index (χ4n) is 4.54. The molecule has 174 valence electrons. The quantitative estimate of drug-likeness (QED) is 0.551. The van der Waals surface area contributed by atoms with Crippen LogP contribution in [0, 0.1) is 20.8 Å². The highest BCUT2D eigenvalue weighted by molar-refractivity contribution is 6.05. The Morgan fingerprint density at radius 3 is 2.36 bits per heavy atom. The minimum absolute atomic E-state index is 0.0203. The van der Waals surface area contributed by atoms with E-state index in [1.165, 1.54) is 12.5 Å². The molecule has 3 aromatic rings. The predicted molar refractivity (Wildman–Crippen MR) is 125 cm³/mol. The van der Waals surface area contributed by atoms with Crippen molar-refractivity contribution in [3.63, 3.8) is 0 Å². The van der Waals surface area contributed by atoms with Crippen LogP contribution in [0.25, 0.3) is 11.4 Å². The van der Waals surface area contributed by atoms with Crippen molar-refractivity contribution >= 4 is 11.6 Å². The number of rotatable bonds is 7. The summed E-state index contributed by atoms with van der Waals surface area (Å²) < 4.78 is 5.47. The van der Waals surface area contributed by atoms with E-state index in [1.54, 1.807) is 0 Å². The number of aromatic nitrogens is 3. The van der Waals surface area contributed by atoms with Crippen molar-refractivity contribution in [2.24, 2.45) is 0 Å². The van der Waals surface area contributed by atoms with Crippen LogP contribution >= 0.6 is 0 Å². The zero-order chi connectivity index (χ0) is 23.7. The molecule has 0 amide bonds. The van der Waals surface area contributed by atoms with E-state index >= 15 is 0 Å². The Kier molecular flexibility index (Phi) is 6.58. The second-order valence-electron chi connectivity index (χ2n) is 8.91. The second-order valence-corrected chi connectivity index (χ2v) is 8.91. The number of H-pyrrole nitrogens is 1. The number of hydrogen-bond donors (Lipinski definition) is 1. The van der Waals surface area contributed by atoms with Gasteiger partial charge in [-0.1, -0.05) is 35.0 Å². The summed E-state index contributed by atoms with van der Waals surface area (Å²) in [4.78, 5) is 37.2. The maximum Gasteiger partial charge on any atom is 0.241 e. The number of carbonyl (C=O) groups excluding carboxylic acids is 2. The largest absolute Gasteiger partial charge is 0.355 e. The molecule has 1 fully saturated rings. The van der Waals surface area contributed by atoms with Gasteiger partial charge in [0.15, 0.2) is 11.6 Å². The average molecular weight is 450 g/mol. The van der Waals surface area contributed by atoms with E-state index in [2.05, 4.69) is 24.9 Å². The SMILES string of the molecule is CC(=O)c1c(C)[nH]c(C(=O)C(C)N2CCN(Cc3nc(-c4ccc(C)cc4)no3)CC2)c1C. The fraction of sp³-hybridized carbons (Fsp3) is 0.440. The first-order valence-corrected chi connectivity index (χ1v) is 11.3. The molecule has 33 heavy (non-hydrogen) atoms. The van der Waals surface area contributed by atoms with Gasteiger partial charge in [-0.2, -0.15) is 4.98 Å². The predicted octanol–water partition coefficient (Wildman–Crippen LogP) is 3.58. The molecule has 2 aromatic heterocycles. The van der Waals surface area contributed by atoms with Crippen LogP contribution in [0.15, 0.2) is 28.8 Å². The second kappa shape index (κ2) is 9.41. The lowest BCUT2D eigenvalue weighted by atomic mass is 10.0. The number of nitrogens with zero attached hydrogens (tertiary/aromatic N) is 4. The van der Waals surface area contributed by atoms with Gasteiger partial charge in [-0.15, -0.1) is 0 Å². The first-order chi connectivity index (χ1) is 15.7. The molecule has 1 aromatic carbocycles. The molecule has 0 radical (unpaired) electrons. The summed E-state index contributed by atoms with van der Waals surface area (Å²) in [7, 11) is 0. The molecule has 4 rings (SSSR count).